The van der Waals surface area contributed by atoms with Crippen molar-refractivity contribution >= 4 is 0 Å². The van der Waals surface area contributed by atoms with E-state index < -0.39 is 0 Å². The van der Waals surface area contributed by atoms with E-state index >= 15 is 0 Å². The second-order valence-electron chi connectivity index (χ2n) is 5.15. The molecule has 0 bridgehead atoms. The third-order valence-electron chi connectivity index (χ3n) is 3.36. The Labute approximate surface area is 115 Å². The van der Waals surface area contributed by atoms with Crippen molar-refractivity contribution in [1.29, 1.82) is 0 Å². The van der Waals surface area contributed by atoms with Gasteiger partial charge in [0.2, 0.25) is 0 Å². The van der Waals surface area contributed by atoms with Gasteiger partial charge in [0.05, 0.1) is 6.26 Å². The van der Waals surface area contributed by atoms with Crippen molar-refractivity contribution in [3.63, 3.8) is 0 Å². The second kappa shape index (κ2) is 7.15. The molecule has 19 heavy (non-hydrogen) atoms. The summed E-state index contributed by atoms with van der Waals surface area (Å²) < 4.78 is 5.48. The summed E-state index contributed by atoms with van der Waals surface area (Å²) in [5.41, 5.74) is 2.74. The summed E-state index contributed by atoms with van der Waals surface area (Å²) in [6.07, 6.45) is 3.84. The van der Waals surface area contributed by atoms with Crippen LogP contribution in [0, 0.1) is 12.8 Å². The van der Waals surface area contributed by atoms with E-state index in [9.17, 15) is 0 Å². The summed E-state index contributed by atoms with van der Waals surface area (Å²) in [7, 11) is 0. The van der Waals surface area contributed by atoms with Crippen LogP contribution in [0.5, 0.6) is 0 Å². The summed E-state index contributed by atoms with van der Waals surface area (Å²) >= 11 is 0. The van der Waals surface area contributed by atoms with Crippen LogP contribution in [0.25, 0.3) is 0 Å². The highest BCUT2D eigenvalue weighted by molar-refractivity contribution is 5.22. The number of hydrogen-bond donors (Lipinski definition) is 1. The zero-order valence-corrected chi connectivity index (χ0v) is 11.9. The minimum absolute atomic E-state index is 0.577. The molecular formula is C17H23NO. The van der Waals surface area contributed by atoms with E-state index in [2.05, 4.69) is 49.5 Å². The van der Waals surface area contributed by atoms with Gasteiger partial charge < -0.3 is 9.73 Å². The fourth-order valence-electron chi connectivity index (χ4n) is 2.45. The predicted octanol–water partition coefficient (Wildman–Crippen LogP) is 3.60. The third-order valence-corrected chi connectivity index (χ3v) is 3.36. The Kier molecular flexibility index (Phi) is 5.22. The average Bonchev–Trinajstić information content (AvgIpc) is 2.89. The third kappa shape index (κ3) is 4.56. The van der Waals surface area contributed by atoms with Crippen LogP contribution in [0.15, 0.2) is 47.1 Å². The molecule has 1 N–H and O–H groups in total. The van der Waals surface area contributed by atoms with Gasteiger partial charge in [-0.1, -0.05) is 36.8 Å². The van der Waals surface area contributed by atoms with Crippen molar-refractivity contribution in [3.8, 4) is 0 Å². The summed E-state index contributed by atoms with van der Waals surface area (Å²) in [5, 5.41) is 3.45. The van der Waals surface area contributed by atoms with Crippen molar-refractivity contribution in [3.05, 3.63) is 59.5 Å². The Morgan fingerprint density at radius 3 is 2.74 bits per heavy atom. The molecule has 0 fully saturated rings. The first-order valence-corrected chi connectivity index (χ1v) is 7.06. The molecule has 2 aromatic rings. The number of rotatable bonds is 7. The molecule has 1 unspecified atom stereocenters. The van der Waals surface area contributed by atoms with Gasteiger partial charge in [0.15, 0.2) is 0 Å². The Hall–Kier alpha value is -1.54. The maximum Gasteiger partial charge on any atom is 0.104 e. The SMILES string of the molecule is CCNCC(Cc1cccc(C)c1)Cc1ccco1. The minimum atomic E-state index is 0.577. The molecule has 2 rings (SSSR count). The van der Waals surface area contributed by atoms with E-state index in [0.717, 1.165) is 31.7 Å². The summed E-state index contributed by atoms with van der Waals surface area (Å²) in [5.74, 6) is 1.66. The summed E-state index contributed by atoms with van der Waals surface area (Å²) in [6, 6.07) is 12.8. The number of benzene rings is 1. The summed E-state index contributed by atoms with van der Waals surface area (Å²) in [4.78, 5) is 0. The second-order valence-corrected chi connectivity index (χ2v) is 5.15. The molecule has 0 saturated heterocycles. The molecule has 0 amide bonds. The number of hydrogen-bond acceptors (Lipinski definition) is 2. The van der Waals surface area contributed by atoms with Crippen LogP contribution >= 0.6 is 0 Å². The highest BCUT2D eigenvalue weighted by atomic mass is 16.3. The number of aryl methyl sites for hydroxylation is 1. The Balaban J connectivity index is 2.00. The van der Waals surface area contributed by atoms with E-state index in [-0.39, 0.29) is 0 Å². The van der Waals surface area contributed by atoms with E-state index in [0.29, 0.717) is 5.92 Å². The molecule has 2 heteroatoms. The molecule has 0 spiro atoms. The first-order valence-electron chi connectivity index (χ1n) is 7.06. The zero-order chi connectivity index (χ0) is 13.5. The first kappa shape index (κ1) is 13.9. The van der Waals surface area contributed by atoms with Crippen LogP contribution in [0.4, 0.5) is 0 Å². The van der Waals surface area contributed by atoms with Crippen molar-refractivity contribution in [1.82, 2.24) is 5.32 Å². The molecule has 0 radical (unpaired) electrons. The van der Waals surface area contributed by atoms with Crippen molar-refractivity contribution in [2.75, 3.05) is 13.1 Å². The quantitative estimate of drug-likeness (QED) is 0.820. The molecule has 0 aliphatic rings. The molecule has 2 nitrogen and oxygen atoms in total. The normalized spacial score (nSPS) is 12.5. The average molecular weight is 257 g/mol. The van der Waals surface area contributed by atoms with E-state index in [1.165, 1.54) is 11.1 Å². The van der Waals surface area contributed by atoms with Crippen LogP contribution in [0.1, 0.15) is 23.8 Å². The molecule has 1 aromatic heterocycles. The predicted molar refractivity (Wildman–Crippen MR) is 79.3 cm³/mol. The topological polar surface area (TPSA) is 25.2 Å². The van der Waals surface area contributed by atoms with Crippen molar-refractivity contribution in [2.24, 2.45) is 5.92 Å². The highest BCUT2D eigenvalue weighted by Crippen LogP contribution is 2.15. The zero-order valence-electron chi connectivity index (χ0n) is 11.9. The van der Waals surface area contributed by atoms with E-state index in [1.54, 1.807) is 6.26 Å². The lowest BCUT2D eigenvalue weighted by atomic mass is 9.94. The molecule has 1 aromatic carbocycles. The molecular weight excluding hydrogens is 234 g/mol. The van der Waals surface area contributed by atoms with Gasteiger partial charge in [0, 0.05) is 6.42 Å². The van der Waals surface area contributed by atoms with Crippen LogP contribution in [-0.4, -0.2) is 13.1 Å². The minimum Gasteiger partial charge on any atom is -0.469 e. The van der Waals surface area contributed by atoms with Crippen LogP contribution < -0.4 is 5.32 Å². The number of nitrogens with one attached hydrogen (secondary N) is 1. The van der Waals surface area contributed by atoms with Gasteiger partial charge in [-0.15, -0.1) is 0 Å². The first-order chi connectivity index (χ1) is 9.28. The fourth-order valence-corrected chi connectivity index (χ4v) is 2.45. The largest absolute Gasteiger partial charge is 0.469 e. The van der Waals surface area contributed by atoms with E-state index in [1.807, 2.05) is 6.07 Å². The van der Waals surface area contributed by atoms with Crippen LogP contribution in [0.3, 0.4) is 0 Å². The molecule has 0 aliphatic carbocycles. The lowest BCUT2D eigenvalue weighted by Gasteiger charge is -2.16. The van der Waals surface area contributed by atoms with Crippen molar-refractivity contribution in [2.45, 2.75) is 26.7 Å². The molecule has 1 atom stereocenters. The molecule has 1 heterocycles. The molecule has 102 valence electrons. The lowest BCUT2D eigenvalue weighted by Crippen LogP contribution is -2.25. The lowest BCUT2D eigenvalue weighted by molar-refractivity contribution is 0.418. The van der Waals surface area contributed by atoms with Gasteiger partial charge in [-0.2, -0.15) is 0 Å². The van der Waals surface area contributed by atoms with Crippen LogP contribution in [-0.2, 0) is 12.8 Å². The Bertz CT molecular complexity index is 476. The van der Waals surface area contributed by atoms with Gasteiger partial charge in [0.25, 0.3) is 0 Å². The van der Waals surface area contributed by atoms with Crippen LogP contribution in [0.2, 0.25) is 0 Å². The maximum absolute atomic E-state index is 5.48. The summed E-state index contributed by atoms with van der Waals surface area (Å²) in [6.45, 7) is 6.35. The van der Waals surface area contributed by atoms with Gasteiger partial charge in [-0.3, -0.25) is 0 Å². The Morgan fingerprint density at radius 1 is 1.16 bits per heavy atom. The number of furan rings is 1. The van der Waals surface area contributed by atoms with Crippen molar-refractivity contribution < 1.29 is 4.42 Å². The van der Waals surface area contributed by atoms with Gasteiger partial charge in [-0.05, 0) is 50.0 Å². The van der Waals surface area contributed by atoms with Gasteiger partial charge >= 0.3 is 0 Å². The maximum atomic E-state index is 5.48. The molecule has 0 aliphatic heterocycles. The highest BCUT2D eigenvalue weighted by Gasteiger charge is 2.12. The standard InChI is InChI=1S/C17H23NO/c1-3-18-13-16(12-17-8-5-9-19-17)11-15-7-4-6-14(2)10-15/h4-10,16,18H,3,11-13H2,1-2H3. The monoisotopic (exact) mass is 257 g/mol. The fraction of sp³-hybridized carbons (Fsp3) is 0.412. The Morgan fingerprint density at radius 2 is 2.05 bits per heavy atom. The van der Waals surface area contributed by atoms with Gasteiger partial charge in [0.1, 0.15) is 5.76 Å². The van der Waals surface area contributed by atoms with E-state index in [4.69, 9.17) is 4.42 Å². The molecule has 0 saturated carbocycles. The van der Waals surface area contributed by atoms with Gasteiger partial charge in [-0.25, -0.2) is 0 Å². The smallest absolute Gasteiger partial charge is 0.104 e.